The van der Waals surface area contributed by atoms with Gasteiger partial charge in [-0.25, -0.2) is 0 Å². The monoisotopic (exact) mass is 252 g/mol. The first-order valence-corrected chi connectivity index (χ1v) is 7.78. The van der Waals surface area contributed by atoms with Gasteiger partial charge in [0.2, 0.25) is 5.91 Å². The van der Waals surface area contributed by atoms with Crippen molar-refractivity contribution in [1.82, 2.24) is 10.6 Å². The van der Waals surface area contributed by atoms with Gasteiger partial charge in [-0.05, 0) is 38.5 Å². The molecule has 3 nitrogen and oxygen atoms in total. The average molecular weight is 252 g/mol. The van der Waals surface area contributed by atoms with Crippen LogP contribution in [0.4, 0.5) is 0 Å². The molecule has 2 saturated carbocycles. The maximum absolute atomic E-state index is 11.8. The van der Waals surface area contributed by atoms with Crippen LogP contribution in [0.2, 0.25) is 0 Å². The van der Waals surface area contributed by atoms with E-state index in [0.717, 1.165) is 5.92 Å². The normalized spacial score (nSPS) is 24.1. The lowest BCUT2D eigenvalue weighted by molar-refractivity contribution is -0.121. The van der Waals surface area contributed by atoms with Gasteiger partial charge in [0, 0.05) is 12.1 Å². The zero-order chi connectivity index (χ0) is 12.8. The van der Waals surface area contributed by atoms with Gasteiger partial charge in [0.15, 0.2) is 0 Å². The van der Waals surface area contributed by atoms with E-state index < -0.39 is 0 Å². The Morgan fingerprint density at radius 3 is 2.33 bits per heavy atom. The maximum atomic E-state index is 11.8. The van der Waals surface area contributed by atoms with Crippen LogP contribution < -0.4 is 10.6 Å². The second-order valence-corrected chi connectivity index (χ2v) is 6.12. The van der Waals surface area contributed by atoms with Gasteiger partial charge in [-0.15, -0.1) is 0 Å². The van der Waals surface area contributed by atoms with E-state index in [4.69, 9.17) is 0 Å². The summed E-state index contributed by atoms with van der Waals surface area (Å²) in [5.74, 6) is 0.961. The molecule has 0 aromatic carbocycles. The molecule has 2 N–H and O–H groups in total. The van der Waals surface area contributed by atoms with E-state index in [1.807, 2.05) is 0 Å². The molecule has 104 valence electrons. The number of carbonyl (C=O) groups is 1. The number of nitrogens with one attached hydrogen (secondary N) is 2. The van der Waals surface area contributed by atoms with Crippen molar-refractivity contribution in [2.24, 2.45) is 5.92 Å². The molecule has 0 aromatic rings. The first kappa shape index (κ1) is 13.9. The maximum Gasteiger partial charge on any atom is 0.234 e. The summed E-state index contributed by atoms with van der Waals surface area (Å²) in [6, 6.07) is 0.934. The van der Waals surface area contributed by atoms with Crippen molar-refractivity contribution in [2.45, 2.75) is 76.8 Å². The van der Waals surface area contributed by atoms with Gasteiger partial charge in [-0.1, -0.05) is 32.1 Å². The average Bonchev–Trinajstić information content (AvgIpc) is 2.90. The van der Waals surface area contributed by atoms with E-state index in [1.165, 1.54) is 57.8 Å². The summed E-state index contributed by atoms with van der Waals surface area (Å²) >= 11 is 0. The van der Waals surface area contributed by atoms with Gasteiger partial charge in [0.05, 0.1) is 6.54 Å². The summed E-state index contributed by atoms with van der Waals surface area (Å²) in [6.07, 6.45) is 11.7. The molecule has 0 aliphatic heterocycles. The van der Waals surface area contributed by atoms with Gasteiger partial charge in [-0.2, -0.15) is 0 Å². The van der Waals surface area contributed by atoms with Gasteiger partial charge in [0.25, 0.3) is 0 Å². The molecule has 2 aliphatic carbocycles. The molecule has 0 radical (unpaired) electrons. The fourth-order valence-electron chi connectivity index (χ4n) is 3.40. The van der Waals surface area contributed by atoms with Gasteiger partial charge >= 0.3 is 0 Å². The summed E-state index contributed by atoms with van der Waals surface area (Å²) in [5, 5.41) is 6.55. The van der Waals surface area contributed by atoms with Crippen LogP contribution in [0, 0.1) is 5.92 Å². The largest absolute Gasteiger partial charge is 0.352 e. The highest BCUT2D eigenvalue weighted by Crippen LogP contribution is 2.26. The summed E-state index contributed by atoms with van der Waals surface area (Å²) in [7, 11) is 0. The molecule has 3 heteroatoms. The van der Waals surface area contributed by atoms with E-state index in [9.17, 15) is 4.79 Å². The predicted molar refractivity (Wildman–Crippen MR) is 74.4 cm³/mol. The quantitative estimate of drug-likeness (QED) is 0.789. The van der Waals surface area contributed by atoms with Crippen molar-refractivity contribution >= 4 is 5.91 Å². The molecular formula is C15H28N2O. The molecule has 1 unspecified atom stereocenters. The summed E-state index contributed by atoms with van der Waals surface area (Å²) in [4.78, 5) is 11.8. The molecule has 0 bridgehead atoms. The molecule has 2 aliphatic rings. The zero-order valence-corrected chi connectivity index (χ0v) is 11.7. The van der Waals surface area contributed by atoms with Gasteiger partial charge in [0.1, 0.15) is 0 Å². The highest BCUT2D eigenvalue weighted by atomic mass is 16.1. The number of hydrogen-bond donors (Lipinski definition) is 2. The smallest absolute Gasteiger partial charge is 0.234 e. The molecule has 2 rings (SSSR count). The molecule has 0 saturated heterocycles. The number of rotatable bonds is 5. The van der Waals surface area contributed by atoms with Crippen LogP contribution in [0.1, 0.15) is 64.7 Å². The van der Waals surface area contributed by atoms with Crippen LogP contribution in [0.5, 0.6) is 0 Å². The molecule has 0 aromatic heterocycles. The lowest BCUT2D eigenvalue weighted by Crippen LogP contribution is -2.44. The third kappa shape index (κ3) is 4.27. The fourth-order valence-corrected chi connectivity index (χ4v) is 3.40. The lowest BCUT2D eigenvalue weighted by atomic mass is 9.84. The molecular weight excluding hydrogens is 224 g/mol. The zero-order valence-electron chi connectivity index (χ0n) is 11.7. The predicted octanol–water partition coefficient (Wildman–Crippen LogP) is 2.60. The molecule has 1 atom stereocenters. The molecule has 18 heavy (non-hydrogen) atoms. The molecule has 2 fully saturated rings. The molecule has 0 heterocycles. The van der Waals surface area contributed by atoms with Crippen LogP contribution in [0.3, 0.4) is 0 Å². The Morgan fingerprint density at radius 1 is 1.06 bits per heavy atom. The number of carbonyl (C=O) groups excluding carboxylic acids is 1. The van der Waals surface area contributed by atoms with E-state index in [1.54, 1.807) is 0 Å². The van der Waals surface area contributed by atoms with E-state index >= 15 is 0 Å². The first-order valence-electron chi connectivity index (χ1n) is 7.78. The van der Waals surface area contributed by atoms with E-state index in [2.05, 4.69) is 17.6 Å². The third-order valence-electron chi connectivity index (χ3n) is 4.66. The molecule has 0 spiro atoms. The van der Waals surface area contributed by atoms with Crippen molar-refractivity contribution in [3.05, 3.63) is 0 Å². The van der Waals surface area contributed by atoms with Crippen LogP contribution >= 0.6 is 0 Å². The highest BCUT2D eigenvalue weighted by molar-refractivity contribution is 5.78. The minimum Gasteiger partial charge on any atom is -0.352 e. The Morgan fingerprint density at radius 2 is 1.67 bits per heavy atom. The Bertz CT molecular complexity index is 255. The Labute approximate surface area is 111 Å². The Hall–Kier alpha value is -0.570. The summed E-state index contributed by atoms with van der Waals surface area (Å²) in [6.45, 7) is 2.73. The van der Waals surface area contributed by atoms with Crippen LogP contribution in [-0.4, -0.2) is 24.5 Å². The molecule has 1 amide bonds. The Balaban J connectivity index is 1.61. The second-order valence-electron chi connectivity index (χ2n) is 6.12. The van der Waals surface area contributed by atoms with Gasteiger partial charge in [-0.3, -0.25) is 4.79 Å². The number of amides is 1. The summed E-state index contributed by atoms with van der Waals surface area (Å²) in [5.41, 5.74) is 0. The van der Waals surface area contributed by atoms with E-state index in [-0.39, 0.29) is 5.91 Å². The summed E-state index contributed by atoms with van der Waals surface area (Å²) < 4.78 is 0. The van der Waals surface area contributed by atoms with Crippen LogP contribution in [0.15, 0.2) is 0 Å². The first-order chi connectivity index (χ1) is 8.75. The number of hydrogen-bond acceptors (Lipinski definition) is 2. The topological polar surface area (TPSA) is 41.1 Å². The highest BCUT2D eigenvalue weighted by Gasteiger charge is 2.21. The van der Waals surface area contributed by atoms with Crippen LogP contribution in [-0.2, 0) is 4.79 Å². The Kier molecular flexibility index (Phi) is 5.48. The SMILES string of the molecule is CC(NCC(=O)NC1CCCC1)C1CCCCC1. The van der Waals surface area contributed by atoms with Crippen molar-refractivity contribution in [1.29, 1.82) is 0 Å². The minimum absolute atomic E-state index is 0.185. The van der Waals surface area contributed by atoms with Crippen molar-refractivity contribution in [3.8, 4) is 0 Å². The fraction of sp³-hybridized carbons (Fsp3) is 0.933. The van der Waals surface area contributed by atoms with Gasteiger partial charge < -0.3 is 10.6 Å². The van der Waals surface area contributed by atoms with E-state index in [0.29, 0.717) is 18.6 Å². The minimum atomic E-state index is 0.185. The third-order valence-corrected chi connectivity index (χ3v) is 4.66. The standard InChI is InChI=1S/C15H28N2O/c1-12(13-7-3-2-4-8-13)16-11-15(18)17-14-9-5-6-10-14/h12-14,16H,2-11H2,1H3,(H,17,18). The van der Waals surface area contributed by atoms with Crippen molar-refractivity contribution in [2.75, 3.05) is 6.54 Å². The van der Waals surface area contributed by atoms with Crippen LogP contribution in [0.25, 0.3) is 0 Å². The lowest BCUT2D eigenvalue weighted by Gasteiger charge is -2.28. The van der Waals surface area contributed by atoms with Crippen molar-refractivity contribution in [3.63, 3.8) is 0 Å². The second kappa shape index (κ2) is 7.13. The van der Waals surface area contributed by atoms with Crippen molar-refractivity contribution < 1.29 is 4.79 Å².